The fraction of sp³-hybridized carbons (Fsp3) is 0.462. The molecule has 0 saturated carbocycles. The van der Waals surface area contributed by atoms with E-state index in [4.69, 9.17) is 23.2 Å². The Labute approximate surface area is 137 Å². The lowest BCUT2D eigenvalue weighted by molar-refractivity contribution is -0.121. The lowest BCUT2D eigenvalue weighted by Crippen LogP contribution is -2.44. The number of carbonyl (C=O) groups excluding carboxylic acids is 1. The van der Waals surface area contributed by atoms with Crippen LogP contribution in [0.25, 0.3) is 5.65 Å². The highest BCUT2D eigenvalue weighted by Gasteiger charge is 2.22. The van der Waals surface area contributed by atoms with Gasteiger partial charge in [0.15, 0.2) is 10.8 Å². The molecule has 0 aliphatic carbocycles. The van der Waals surface area contributed by atoms with Crippen molar-refractivity contribution < 1.29 is 4.79 Å². The fourth-order valence-corrected chi connectivity index (χ4v) is 3.00. The molecule has 2 rings (SSSR count). The second-order valence-electron chi connectivity index (χ2n) is 5.68. The van der Waals surface area contributed by atoms with Gasteiger partial charge in [0.2, 0.25) is 5.91 Å². The van der Waals surface area contributed by atoms with Crippen molar-refractivity contribution in [1.29, 1.82) is 0 Å². The normalized spacial score (nSPS) is 13.4. The first-order chi connectivity index (χ1) is 9.67. The van der Waals surface area contributed by atoms with Crippen molar-refractivity contribution in [3.63, 3.8) is 0 Å². The van der Waals surface area contributed by atoms with E-state index in [0.717, 1.165) is 0 Å². The van der Waals surface area contributed by atoms with Crippen molar-refractivity contribution in [2.75, 3.05) is 0 Å². The second kappa shape index (κ2) is 6.02. The number of fused-ring (bicyclic) bond motifs is 1. The van der Waals surface area contributed by atoms with Crippen LogP contribution in [0, 0.1) is 0 Å². The van der Waals surface area contributed by atoms with Crippen LogP contribution in [0.15, 0.2) is 17.4 Å². The van der Waals surface area contributed by atoms with E-state index in [-0.39, 0.29) is 16.7 Å². The van der Waals surface area contributed by atoms with Crippen LogP contribution in [0.5, 0.6) is 0 Å². The van der Waals surface area contributed by atoms with E-state index >= 15 is 0 Å². The monoisotopic (exact) mass is 346 g/mol. The minimum atomic E-state index is -0.311. The van der Waals surface area contributed by atoms with Crippen LogP contribution < -0.4 is 5.32 Å². The quantitative estimate of drug-likeness (QED) is 0.865. The van der Waals surface area contributed by atoms with Gasteiger partial charge in [0.05, 0.1) is 15.3 Å². The fourth-order valence-electron chi connectivity index (χ4n) is 1.67. The van der Waals surface area contributed by atoms with Crippen LogP contribution in [0.2, 0.25) is 10.0 Å². The predicted octanol–water partition coefficient (Wildman–Crippen LogP) is 3.43. The molecule has 114 valence electrons. The third-order valence-corrected chi connectivity index (χ3v) is 4.09. The van der Waals surface area contributed by atoms with Crippen molar-refractivity contribution in [1.82, 2.24) is 19.9 Å². The van der Waals surface area contributed by atoms with Crippen molar-refractivity contribution in [2.24, 2.45) is 0 Å². The van der Waals surface area contributed by atoms with Crippen molar-refractivity contribution in [3.05, 3.63) is 22.3 Å². The molecule has 0 saturated heterocycles. The molecule has 0 bridgehead atoms. The first kappa shape index (κ1) is 16.4. The third-order valence-electron chi connectivity index (χ3n) is 2.54. The lowest BCUT2D eigenvalue weighted by atomic mass is 10.1. The number of hydrogen-bond donors (Lipinski definition) is 1. The smallest absolute Gasteiger partial charge is 0.233 e. The molecule has 2 aromatic heterocycles. The number of hydrogen-bond acceptors (Lipinski definition) is 4. The average Bonchev–Trinajstić information content (AvgIpc) is 2.70. The van der Waals surface area contributed by atoms with Crippen LogP contribution in [0.4, 0.5) is 0 Å². The maximum Gasteiger partial charge on any atom is 0.233 e. The Bertz CT molecular complexity index is 681. The Kier molecular flexibility index (Phi) is 4.70. The third kappa shape index (κ3) is 4.02. The summed E-state index contributed by atoms with van der Waals surface area (Å²) in [6.45, 7) is 7.63. The highest BCUT2D eigenvalue weighted by Crippen LogP contribution is 2.27. The topological polar surface area (TPSA) is 59.3 Å². The van der Waals surface area contributed by atoms with Crippen molar-refractivity contribution in [3.8, 4) is 0 Å². The van der Waals surface area contributed by atoms with Crippen LogP contribution >= 0.6 is 35.0 Å². The molecule has 0 aliphatic heterocycles. The molecular formula is C13H16Cl2N4OS. The van der Waals surface area contributed by atoms with Gasteiger partial charge in [-0.3, -0.25) is 9.20 Å². The summed E-state index contributed by atoms with van der Waals surface area (Å²) in [4.78, 5) is 12.1. The number of halogens is 2. The van der Waals surface area contributed by atoms with Gasteiger partial charge in [-0.1, -0.05) is 35.0 Å². The Hall–Kier alpha value is -0.980. The van der Waals surface area contributed by atoms with Gasteiger partial charge in [0.25, 0.3) is 0 Å². The maximum atomic E-state index is 12.1. The summed E-state index contributed by atoms with van der Waals surface area (Å²) >= 11 is 13.4. The summed E-state index contributed by atoms with van der Waals surface area (Å²) in [5.41, 5.74) is 0.248. The molecule has 5 nitrogen and oxygen atoms in total. The number of aromatic nitrogens is 3. The molecule has 2 aromatic rings. The van der Waals surface area contributed by atoms with E-state index in [2.05, 4.69) is 15.5 Å². The first-order valence-corrected chi connectivity index (χ1v) is 7.99. The molecule has 0 spiro atoms. The summed E-state index contributed by atoms with van der Waals surface area (Å²) in [5.74, 6) is -0.0580. The number of carbonyl (C=O) groups is 1. The molecule has 2 heterocycles. The Morgan fingerprint density at radius 3 is 2.67 bits per heavy atom. The number of nitrogens with one attached hydrogen (secondary N) is 1. The zero-order valence-electron chi connectivity index (χ0n) is 12.1. The van der Waals surface area contributed by atoms with Gasteiger partial charge in [-0.05, 0) is 33.8 Å². The zero-order chi connectivity index (χ0) is 15.8. The van der Waals surface area contributed by atoms with E-state index in [1.807, 2.05) is 27.7 Å². The molecule has 0 aliphatic rings. The van der Waals surface area contributed by atoms with Gasteiger partial charge in [-0.15, -0.1) is 10.2 Å². The van der Waals surface area contributed by atoms with Crippen LogP contribution in [-0.2, 0) is 4.79 Å². The molecular weight excluding hydrogens is 331 g/mol. The van der Waals surface area contributed by atoms with Crippen molar-refractivity contribution >= 4 is 46.5 Å². The zero-order valence-corrected chi connectivity index (χ0v) is 14.5. The summed E-state index contributed by atoms with van der Waals surface area (Å²) in [7, 11) is 0. The Balaban J connectivity index is 2.22. The van der Waals surface area contributed by atoms with Gasteiger partial charge in [-0.25, -0.2) is 0 Å². The van der Waals surface area contributed by atoms with E-state index in [0.29, 0.717) is 20.8 Å². The molecule has 0 radical (unpaired) electrons. The minimum Gasteiger partial charge on any atom is -0.351 e. The Morgan fingerprint density at radius 2 is 2.05 bits per heavy atom. The second-order valence-corrected chi connectivity index (χ2v) is 7.83. The number of amides is 1. The number of pyridine rings is 1. The molecule has 21 heavy (non-hydrogen) atoms. The SMILES string of the molecule is C[C@H](Sc1nnc2c(Cl)cc(Cl)cn12)C(=O)NC(C)(C)C. The van der Waals surface area contributed by atoms with E-state index < -0.39 is 0 Å². The molecule has 0 unspecified atom stereocenters. The Morgan fingerprint density at radius 1 is 1.38 bits per heavy atom. The summed E-state index contributed by atoms with van der Waals surface area (Å²) in [5, 5.41) is 12.2. The van der Waals surface area contributed by atoms with Gasteiger partial charge < -0.3 is 5.32 Å². The summed E-state index contributed by atoms with van der Waals surface area (Å²) < 4.78 is 1.69. The van der Waals surface area contributed by atoms with Crippen molar-refractivity contribution in [2.45, 2.75) is 43.6 Å². The van der Waals surface area contributed by atoms with Crippen LogP contribution in [0.3, 0.4) is 0 Å². The van der Waals surface area contributed by atoms with Gasteiger partial charge in [-0.2, -0.15) is 0 Å². The predicted molar refractivity (Wildman–Crippen MR) is 86.2 cm³/mol. The molecule has 1 N–H and O–H groups in total. The van der Waals surface area contributed by atoms with Gasteiger partial charge in [0.1, 0.15) is 0 Å². The van der Waals surface area contributed by atoms with E-state index in [1.54, 1.807) is 16.7 Å². The summed E-state index contributed by atoms with van der Waals surface area (Å²) in [6, 6.07) is 1.61. The van der Waals surface area contributed by atoms with Gasteiger partial charge >= 0.3 is 0 Å². The molecule has 1 atom stereocenters. The molecule has 0 aromatic carbocycles. The highest BCUT2D eigenvalue weighted by atomic mass is 35.5. The first-order valence-electron chi connectivity index (χ1n) is 6.36. The largest absolute Gasteiger partial charge is 0.351 e. The van der Waals surface area contributed by atoms with E-state index in [1.165, 1.54) is 11.8 Å². The van der Waals surface area contributed by atoms with Crippen LogP contribution in [0.1, 0.15) is 27.7 Å². The maximum absolute atomic E-state index is 12.1. The molecule has 0 fully saturated rings. The molecule has 1 amide bonds. The molecule has 8 heteroatoms. The standard InChI is InChI=1S/C13H16Cl2N4OS/c1-7(11(20)16-13(2,3)4)21-12-18-17-10-9(15)5-8(14)6-19(10)12/h5-7H,1-4H3,(H,16,20)/t7-/m0/s1. The number of nitrogens with zero attached hydrogens (tertiary/aromatic N) is 3. The number of rotatable bonds is 3. The average molecular weight is 347 g/mol. The summed E-state index contributed by atoms with van der Waals surface area (Å²) in [6.07, 6.45) is 1.68. The lowest BCUT2D eigenvalue weighted by Gasteiger charge is -2.22. The number of thioether (sulfide) groups is 1. The van der Waals surface area contributed by atoms with Crippen LogP contribution in [-0.4, -0.2) is 31.3 Å². The highest BCUT2D eigenvalue weighted by molar-refractivity contribution is 8.00. The van der Waals surface area contributed by atoms with E-state index in [9.17, 15) is 4.79 Å². The minimum absolute atomic E-state index is 0.0580. The van der Waals surface area contributed by atoms with Gasteiger partial charge in [0, 0.05) is 11.7 Å².